The summed E-state index contributed by atoms with van der Waals surface area (Å²) in [5.74, 6) is -0.0586. The Labute approximate surface area is 179 Å². The second-order valence-corrected chi connectivity index (χ2v) is 9.69. The molecule has 6 nitrogen and oxygen atoms in total. The van der Waals surface area contributed by atoms with Crippen molar-refractivity contribution in [3.8, 4) is 5.75 Å². The van der Waals surface area contributed by atoms with Crippen LogP contribution in [0.4, 0.5) is 5.69 Å². The fourth-order valence-electron chi connectivity index (χ4n) is 3.47. The molecule has 2 unspecified atom stereocenters. The highest BCUT2D eigenvalue weighted by atomic mass is 32.2. The zero-order valence-electron chi connectivity index (χ0n) is 16.4. The maximum Gasteiger partial charge on any atom is 0.269 e. The van der Waals surface area contributed by atoms with E-state index in [1.165, 1.54) is 36.0 Å². The minimum Gasteiger partial charge on any atom is -0.508 e. The molecule has 3 rings (SSSR count). The van der Waals surface area contributed by atoms with Crippen molar-refractivity contribution in [3.05, 3.63) is 94.0 Å². The molecule has 3 aromatic carbocycles. The molecule has 8 heteroatoms. The van der Waals surface area contributed by atoms with Crippen molar-refractivity contribution in [2.75, 3.05) is 6.26 Å². The number of para-hydroxylation sites is 1. The van der Waals surface area contributed by atoms with Crippen molar-refractivity contribution in [2.24, 2.45) is 0 Å². The van der Waals surface area contributed by atoms with E-state index in [0.717, 1.165) is 5.56 Å². The quantitative estimate of drug-likeness (QED) is 0.391. The van der Waals surface area contributed by atoms with E-state index in [0.29, 0.717) is 5.56 Å². The van der Waals surface area contributed by atoms with Gasteiger partial charge in [-0.05, 0) is 42.0 Å². The summed E-state index contributed by atoms with van der Waals surface area (Å²) in [5, 5.41) is 21.0. The molecule has 0 amide bonds. The van der Waals surface area contributed by atoms with Gasteiger partial charge in [-0.2, -0.15) is 11.8 Å². The predicted molar refractivity (Wildman–Crippen MR) is 118 cm³/mol. The molecule has 1 N–H and O–H groups in total. The summed E-state index contributed by atoms with van der Waals surface area (Å²) in [5.41, 5.74) is 1.19. The molecule has 0 heterocycles. The summed E-state index contributed by atoms with van der Waals surface area (Å²) in [4.78, 5) is 10.5. The van der Waals surface area contributed by atoms with Gasteiger partial charge in [0.2, 0.25) is 9.84 Å². The SMILES string of the molecule is CSC(c1ccccc1O)C(C)c1ccccc1S(=O)(=O)c1ccc([N+](=O)[O-])cc1. The van der Waals surface area contributed by atoms with Gasteiger partial charge < -0.3 is 5.11 Å². The van der Waals surface area contributed by atoms with Crippen LogP contribution in [0, 0.1) is 10.1 Å². The Hall–Kier alpha value is -2.84. The van der Waals surface area contributed by atoms with Crippen molar-refractivity contribution in [1.82, 2.24) is 0 Å². The molecule has 0 aromatic heterocycles. The summed E-state index contributed by atoms with van der Waals surface area (Å²) in [6, 6.07) is 18.7. The summed E-state index contributed by atoms with van der Waals surface area (Å²) in [6.07, 6.45) is 1.92. The average molecular weight is 444 g/mol. The van der Waals surface area contributed by atoms with Gasteiger partial charge in [0.1, 0.15) is 5.75 Å². The molecule has 0 bridgehead atoms. The van der Waals surface area contributed by atoms with Crippen LogP contribution in [0.15, 0.2) is 82.6 Å². The Kier molecular flexibility index (Phi) is 6.48. The first kappa shape index (κ1) is 21.9. The molecule has 0 saturated carbocycles. The smallest absolute Gasteiger partial charge is 0.269 e. The van der Waals surface area contributed by atoms with Gasteiger partial charge in [0.25, 0.3) is 5.69 Å². The number of phenolic OH excluding ortho intramolecular Hbond substituents is 1. The van der Waals surface area contributed by atoms with Crippen molar-refractivity contribution in [2.45, 2.75) is 27.9 Å². The van der Waals surface area contributed by atoms with Crippen LogP contribution in [0.1, 0.15) is 29.2 Å². The minimum absolute atomic E-state index is 0.00369. The molecule has 0 fully saturated rings. The lowest BCUT2D eigenvalue weighted by molar-refractivity contribution is -0.384. The molecule has 0 aliphatic carbocycles. The zero-order chi connectivity index (χ0) is 21.9. The number of rotatable bonds is 7. The largest absolute Gasteiger partial charge is 0.508 e. The Morgan fingerprint density at radius 3 is 2.07 bits per heavy atom. The number of hydrogen-bond acceptors (Lipinski definition) is 6. The van der Waals surface area contributed by atoms with E-state index < -0.39 is 14.8 Å². The highest BCUT2D eigenvalue weighted by molar-refractivity contribution is 7.98. The van der Waals surface area contributed by atoms with Gasteiger partial charge in [-0.15, -0.1) is 0 Å². The number of non-ortho nitro benzene ring substituents is 1. The molecule has 0 spiro atoms. The van der Waals surface area contributed by atoms with Crippen LogP contribution in [0.2, 0.25) is 0 Å². The third kappa shape index (κ3) is 4.20. The number of thioether (sulfide) groups is 1. The third-order valence-electron chi connectivity index (χ3n) is 5.01. The first-order valence-electron chi connectivity index (χ1n) is 9.16. The molecular weight excluding hydrogens is 422 g/mol. The number of nitrogens with zero attached hydrogens (tertiary/aromatic N) is 1. The van der Waals surface area contributed by atoms with Gasteiger partial charge in [-0.1, -0.05) is 43.3 Å². The van der Waals surface area contributed by atoms with Gasteiger partial charge in [0.05, 0.1) is 14.7 Å². The molecular formula is C22H21NO5S2. The van der Waals surface area contributed by atoms with E-state index in [1.54, 1.807) is 36.4 Å². The van der Waals surface area contributed by atoms with Gasteiger partial charge in [0, 0.05) is 22.9 Å². The van der Waals surface area contributed by atoms with Crippen LogP contribution in [-0.4, -0.2) is 24.7 Å². The Morgan fingerprint density at radius 2 is 1.50 bits per heavy atom. The molecule has 156 valence electrons. The Bertz CT molecular complexity index is 1160. The fourth-order valence-corrected chi connectivity index (χ4v) is 6.05. The predicted octanol–water partition coefficient (Wildman–Crippen LogP) is 5.34. The van der Waals surface area contributed by atoms with Crippen LogP contribution in [0.3, 0.4) is 0 Å². The summed E-state index contributed by atoms with van der Waals surface area (Å²) < 4.78 is 26.7. The van der Waals surface area contributed by atoms with Crippen LogP contribution < -0.4 is 0 Å². The third-order valence-corrected chi connectivity index (χ3v) is 8.02. The van der Waals surface area contributed by atoms with E-state index >= 15 is 0 Å². The van der Waals surface area contributed by atoms with Gasteiger partial charge >= 0.3 is 0 Å². The van der Waals surface area contributed by atoms with Crippen molar-refractivity contribution >= 4 is 27.3 Å². The summed E-state index contributed by atoms with van der Waals surface area (Å²) in [6.45, 7) is 1.93. The minimum atomic E-state index is -3.89. The lowest BCUT2D eigenvalue weighted by atomic mass is 9.92. The fraction of sp³-hybridized carbons (Fsp3) is 0.182. The molecule has 3 aromatic rings. The molecule has 0 aliphatic heterocycles. The number of hydrogen-bond donors (Lipinski definition) is 1. The maximum atomic E-state index is 13.3. The first-order valence-corrected chi connectivity index (χ1v) is 11.9. The normalized spacial score (nSPS) is 13.5. The number of phenols is 1. The second kappa shape index (κ2) is 8.89. The number of nitro groups is 1. The number of nitro benzene ring substituents is 1. The topological polar surface area (TPSA) is 97.5 Å². The van der Waals surface area contributed by atoms with Crippen molar-refractivity contribution < 1.29 is 18.4 Å². The number of sulfone groups is 1. The first-order chi connectivity index (χ1) is 14.3. The lowest BCUT2D eigenvalue weighted by Crippen LogP contribution is -2.12. The van der Waals surface area contributed by atoms with Crippen LogP contribution in [0.5, 0.6) is 5.75 Å². The van der Waals surface area contributed by atoms with Crippen LogP contribution in [-0.2, 0) is 9.84 Å². The average Bonchev–Trinajstić information content (AvgIpc) is 2.75. The lowest BCUT2D eigenvalue weighted by Gasteiger charge is -2.25. The van der Waals surface area contributed by atoms with Crippen LogP contribution >= 0.6 is 11.8 Å². The van der Waals surface area contributed by atoms with E-state index in [2.05, 4.69) is 0 Å². The van der Waals surface area contributed by atoms with E-state index in [1.807, 2.05) is 25.3 Å². The van der Waals surface area contributed by atoms with Gasteiger partial charge in [0.15, 0.2) is 0 Å². The molecule has 2 atom stereocenters. The number of benzene rings is 3. The maximum absolute atomic E-state index is 13.3. The number of aromatic hydroxyl groups is 1. The molecule has 0 radical (unpaired) electrons. The van der Waals surface area contributed by atoms with Crippen LogP contribution in [0.25, 0.3) is 0 Å². The van der Waals surface area contributed by atoms with E-state index in [4.69, 9.17) is 0 Å². The van der Waals surface area contributed by atoms with E-state index in [-0.39, 0.29) is 32.4 Å². The van der Waals surface area contributed by atoms with Gasteiger partial charge in [-0.3, -0.25) is 10.1 Å². The zero-order valence-corrected chi connectivity index (χ0v) is 18.1. The van der Waals surface area contributed by atoms with Gasteiger partial charge in [-0.25, -0.2) is 8.42 Å². The summed E-state index contributed by atoms with van der Waals surface area (Å²) in [7, 11) is -3.89. The summed E-state index contributed by atoms with van der Waals surface area (Å²) >= 11 is 1.53. The molecule has 0 aliphatic rings. The van der Waals surface area contributed by atoms with Crippen molar-refractivity contribution in [3.63, 3.8) is 0 Å². The Morgan fingerprint density at radius 1 is 0.933 bits per heavy atom. The molecule has 0 saturated heterocycles. The van der Waals surface area contributed by atoms with Crippen molar-refractivity contribution in [1.29, 1.82) is 0 Å². The standard InChI is InChI=1S/C22H21NO5S2/c1-15(22(29-2)19-8-3-5-9-20(19)24)18-7-4-6-10-21(18)30(27,28)17-13-11-16(12-14-17)23(25)26/h3-15,22,24H,1-2H3. The second-order valence-electron chi connectivity index (χ2n) is 6.80. The highest BCUT2D eigenvalue weighted by Gasteiger charge is 2.29. The highest BCUT2D eigenvalue weighted by Crippen LogP contribution is 2.45. The Balaban J connectivity index is 2.07. The van der Waals surface area contributed by atoms with E-state index in [9.17, 15) is 23.6 Å². The molecule has 30 heavy (non-hydrogen) atoms. The monoisotopic (exact) mass is 443 g/mol.